The second kappa shape index (κ2) is 4.98. The normalized spacial score (nSPS) is 19.3. The molecule has 0 N–H and O–H groups in total. The molecular formula is C14H14N2OS. The van der Waals surface area contributed by atoms with E-state index in [0.717, 1.165) is 23.6 Å². The molecule has 1 atom stereocenters. The van der Waals surface area contributed by atoms with E-state index in [-0.39, 0.29) is 5.92 Å². The van der Waals surface area contributed by atoms with Crippen LogP contribution in [0.3, 0.4) is 0 Å². The molecule has 92 valence electrons. The molecular weight excluding hydrogens is 244 g/mol. The first kappa shape index (κ1) is 11.5. The second-order valence-electron chi connectivity index (χ2n) is 4.47. The number of ketones is 1. The van der Waals surface area contributed by atoms with E-state index in [1.807, 2.05) is 47.3 Å². The lowest BCUT2D eigenvalue weighted by Gasteiger charge is -2.04. The number of thioether (sulfide) groups is 1. The summed E-state index contributed by atoms with van der Waals surface area (Å²) in [6.07, 6.45) is 2.73. The summed E-state index contributed by atoms with van der Waals surface area (Å²) < 4.78 is 1.86. The van der Waals surface area contributed by atoms with Gasteiger partial charge in [-0.25, -0.2) is 4.68 Å². The molecule has 4 heteroatoms. The van der Waals surface area contributed by atoms with Crippen LogP contribution in [0.15, 0.2) is 42.6 Å². The lowest BCUT2D eigenvalue weighted by Crippen LogP contribution is -2.14. The zero-order chi connectivity index (χ0) is 12.4. The maximum Gasteiger partial charge on any atom is 0.147 e. The van der Waals surface area contributed by atoms with Crippen molar-refractivity contribution >= 4 is 17.5 Å². The fourth-order valence-corrected chi connectivity index (χ4v) is 3.28. The van der Waals surface area contributed by atoms with Gasteiger partial charge in [0.25, 0.3) is 0 Å². The van der Waals surface area contributed by atoms with Gasteiger partial charge in [-0.1, -0.05) is 18.2 Å². The highest BCUT2D eigenvalue weighted by Gasteiger charge is 2.25. The molecule has 3 nitrogen and oxygen atoms in total. The van der Waals surface area contributed by atoms with Crippen LogP contribution in [0.25, 0.3) is 5.69 Å². The van der Waals surface area contributed by atoms with E-state index >= 15 is 0 Å². The van der Waals surface area contributed by atoms with E-state index in [1.54, 1.807) is 11.8 Å². The van der Waals surface area contributed by atoms with Gasteiger partial charge in [-0.2, -0.15) is 16.9 Å². The molecule has 3 rings (SSSR count). The number of carbonyl (C=O) groups excluding carboxylic acids is 1. The van der Waals surface area contributed by atoms with Crippen LogP contribution in [-0.2, 0) is 11.2 Å². The minimum absolute atomic E-state index is 0.161. The Balaban J connectivity index is 1.76. The monoisotopic (exact) mass is 258 g/mol. The van der Waals surface area contributed by atoms with E-state index in [0.29, 0.717) is 11.5 Å². The summed E-state index contributed by atoms with van der Waals surface area (Å²) in [6.45, 7) is 0. The largest absolute Gasteiger partial charge is 0.298 e. The van der Waals surface area contributed by atoms with Crippen LogP contribution in [0.5, 0.6) is 0 Å². The van der Waals surface area contributed by atoms with Crippen molar-refractivity contribution in [3.63, 3.8) is 0 Å². The second-order valence-corrected chi connectivity index (χ2v) is 5.50. The first-order valence-electron chi connectivity index (χ1n) is 6.03. The lowest BCUT2D eigenvalue weighted by molar-refractivity contribution is -0.119. The van der Waals surface area contributed by atoms with Gasteiger partial charge in [-0.3, -0.25) is 4.79 Å². The van der Waals surface area contributed by atoms with Gasteiger partial charge in [0, 0.05) is 24.3 Å². The van der Waals surface area contributed by atoms with Crippen molar-refractivity contribution < 1.29 is 4.79 Å². The maximum atomic E-state index is 11.6. The molecule has 0 spiro atoms. The number of nitrogens with zero attached hydrogens (tertiary/aromatic N) is 2. The van der Waals surface area contributed by atoms with Gasteiger partial charge in [0.1, 0.15) is 5.78 Å². The zero-order valence-corrected chi connectivity index (χ0v) is 10.8. The summed E-state index contributed by atoms with van der Waals surface area (Å²) >= 11 is 1.73. The van der Waals surface area contributed by atoms with Crippen molar-refractivity contribution in [1.82, 2.24) is 9.78 Å². The van der Waals surface area contributed by atoms with E-state index in [1.165, 1.54) is 0 Å². The highest BCUT2D eigenvalue weighted by molar-refractivity contribution is 8.00. The number of benzene rings is 1. The number of carbonyl (C=O) groups is 1. The fraction of sp³-hybridized carbons (Fsp3) is 0.286. The minimum atomic E-state index is 0.161. The Morgan fingerprint density at radius 1 is 1.28 bits per heavy atom. The van der Waals surface area contributed by atoms with Gasteiger partial charge < -0.3 is 0 Å². The molecule has 0 radical (unpaired) electrons. The maximum absolute atomic E-state index is 11.6. The number of para-hydroxylation sites is 1. The molecule has 0 aliphatic carbocycles. The third kappa shape index (κ3) is 2.34. The van der Waals surface area contributed by atoms with E-state index in [9.17, 15) is 4.79 Å². The van der Waals surface area contributed by atoms with E-state index in [4.69, 9.17) is 0 Å². The summed E-state index contributed by atoms with van der Waals surface area (Å²) in [5.41, 5.74) is 2.05. The quantitative estimate of drug-likeness (QED) is 0.847. The molecule has 1 aromatic heterocycles. The summed E-state index contributed by atoms with van der Waals surface area (Å²) in [5, 5.41) is 4.53. The summed E-state index contributed by atoms with van der Waals surface area (Å²) in [7, 11) is 0. The Bertz CT molecular complexity index is 550. The molecule has 0 bridgehead atoms. The Morgan fingerprint density at radius 3 is 2.83 bits per heavy atom. The van der Waals surface area contributed by atoms with Crippen molar-refractivity contribution in [3.8, 4) is 5.69 Å². The molecule has 2 heterocycles. The predicted octanol–water partition coefficient (Wildman–Crippen LogP) is 2.35. The number of Topliss-reactive ketones (excluding diaryl/α,β-unsaturated/α-hetero) is 1. The number of hydrogen-bond acceptors (Lipinski definition) is 3. The molecule has 1 aliphatic rings. The fourth-order valence-electron chi connectivity index (χ4n) is 2.13. The van der Waals surface area contributed by atoms with Gasteiger partial charge in [0.15, 0.2) is 0 Å². The molecule has 0 amide bonds. The van der Waals surface area contributed by atoms with Crippen LogP contribution in [0.2, 0.25) is 0 Å². The number of aromatic nitrogens is 2. The van der Waals surface area contributed by atoms with Gasteiger partial charge in [-0.05, 0) is 18.2 Å². The van der Waals surface area contributed by atoms with Crippen LogP contribution >= 0.6 is 11.8 Å². The smallest absolute Gasteiger partial charge is 0.147 e. The van der Waals surface area contributed by atoms with Gasteiger partial charge in [0.2, 0.25) is 0 Å². The minimum Gasteiger partial charge on any atom is -0.298 e. The average Bonchev–Trinajstić information content (AvgIpc) is 3.02. The van der Waals surface area contributed by atoms with E-state index < -0.39 is 0 Å². The van der Waals surface area contributed by atoms with Crippen LogP contribution < -0.4 is 0 Å². The molecule has 1 unspecified atom stereocenters. The number of rotatable bonds is 3. The SMILES string of the molecule is O=C1CSCC1Cc1ccn(-c2ccccc2)n1. The third-order valence-electron chi connectivity index (χ3n) is 3.14. The first-order valence-corrected chi connectivity index (χ1v) is 7.19. The summed E-state index contributed by atoms with van der Waals surface area (Å²) in [4.78, 5) is 11.6. The molecule has 1 saturated heterocycles. The van der Waals surface area contributed by atoms with Gasteiger partial charge in [-0.15, -0.1) is 0 Å². The summed E-state index contributed by atoms with van der Waals surface area (Å²) in [5.74, 6) is 2.14. The Labute approximate surface area is 110 Å². The first-order chi connectivity index (χ1) is 8.83. The van der Waals surface area contributed by atoms with Crippen LogP contribution in [0.1, 0.15) is 5.69 Å². The molecule has 2 aromatic rings. The van der Waals surface area contributed by atoms with E-state index in [2.05, 4.69) is 5.10 Å². The van der Waals surface area contributed by atoms with Crippen molar-refractivity contribution in [2.45, 2.75) is 6.42 Å². The van der Waals surface area contributed by atoms with Crippen molar-refractivity contribution in [2.75, 3.05) is 11.5 Å². The van der Waals surface area contributed by atoms with Crippen LogP contribution in [0.4, 0.5) is 0 Å². The molecule has 1 aromatic carbocycles. The Hall–Kier alpha value is -1.55. The van der Waals surface area contributed by atoms with Crippen molar-refractivity contribution in [3.05, 3.63) is 48.3 Å². The number of hydrogen-bond donors (Lipinski definition) is 0. The highest BCUT2D eigenvalue weighted by atomic mass is 32.2. The van der Waals surface area contributed by atoms with Gasteiger partial charge in [0.05, 0.1) is 17.1 Å². The Morgan fingerprint density at radius 2 is 2.11 bits per heavy atom. The standard InChI is InChI=1S/C14H14N2OS/c17-14-10-18-9-11(14)8-12-6-7-16(15-12)13-4-2-1-3-5-13/h1-7,11H,8-10H2. The lowest BCUT2D eigenvalue weighted by atomic mass is 10.0. The zero-order valence-electron chi connectivity index (χ0n) is 9.95. The highest BCUT2D eigenvalue weighted by Crippen LogP contribution is 2.23. The van der Waals surface area contributed by atoms with Crippen LogP contribution in [0, 0.1) is 5.92 Å². The molecule has 0 saturated carbocycles. The topological polar surface area (TPSA) is 34.9 Å². The average molecular weight is 258 g/mol. The predicted molar refractivity (Wildman–Crippen MR) is 73.1 cm³/mol. The van der Waals surface area contributed by atoms with Crippen LogP contribution in [-0.4, -0.2) is 27.1 Å². The Kier molecular flexibility index (Phi) is 3.19. The molecule has 1 fully saturated rings. The van der Waals surface area contributed by atoms with Gasteiger partial charge >= 0.3 is 0 Å². The summed E-state index contributed by atoms with van der Waals surface area (Å²) in [6, 6.07) is 12.0. The van der Waals surface area contributed by atoms with Crippen molar-refractivity contribution in [2.24, 2.45) is 5.92 Å². The third-order valence-corrected chi connectivity index (χ3v) is 4.27. The molecule has 18 heavy (non-hydrogen) atoms. The molecule has 1 aliphatic heterocycles. The van der Waals surface area contributed by atoms with Crippen molar-refractivity contribution in [1.29, 1.82) is 0 Å².